The Kier molecular flexibility index (Phi) is 3.72. The summed E-state index contributed by atoms with van der Waals surface area (Å²) in [5, 5.41) is 2.84. The summed E-state index contributed by atoms with van der Waals surface area (Å²) in [5.74, 6) is 0.504. The molecule has 2 atom stereocenters. The van der Waals surface area contributed by atoms with Crippen LogP contribution >= 0.6 is 11.8 Å². The second-order valence-electron chi connectivity index (χ2n) is 5.89. The number of rotatable bonds is 3. The Morgan fingerprint density at radius 3 is 2.64 bits per heavy atom. The van der Waals surface area contributed by atoms with Gasteiger partial charge in [0.25, 0.3) is 0 Å². The normalized spacial score (nSPS) is 26.9. The van der Waals surface area contributed by atoms with Crippen molar-refractivity contribution >= 4 is 35.0 Å². The lowest BCUT2D eigenvalue weighted by atomic mass is 10.1. The van der Waals surface area contributed by atoms with Gasteiger partial charge in [-0.1, -0.05) is 0 Å². The van der Waals surface area contributed by atoms with Crippen LogP contribution in [0.2, 0.25) is 0 Å². The third kappa shape index (κ3) is 2.52. The molecule has 2 aliphatic rings. The van der Waals surface area contributed by atoms with Crippen LogP contribution < -0.4 is 5.32 Å². The van der Waals surface area contributed by atoms with Crippen LogP contribution in [0.5, 0.6) is 0 Å². The van der Waals surface area contributed by atoms with E-state index in [0.29, 0.717) is 23.4 Å². The van der Waals surface area contributed by atoms with E-state index in [9.17, 15) is 14.4 Å². The number of carbonyl (C=O) groups excluding carboxylic acids is 3. The van der Waals surface area contributed by atoms with E-state index in [1.165, 1.54) is 6.92 Å². The summed E-state index contributed by atoms with van der Waals surface area (Å²) in [6.07, 6.45) is 1.31. The predicted octanol–water partition coefficient (Wildman–Crippen LogP) is 2.28. The molecule has 3 rings (SSSR count). The number of nitrogens with one attached hydrogen (secondary N) is 1. The van der Waals surface area contributed by atoms with E-state index < -0.39 is 6.04 Å². The van der Waals surface area contributed by atoms with Crippen molar-refractivity contribution in [2.75, 3.05) is 11.1 Å². The van der Waals surface area contributed by atoms with Gasteiger partial charge in [-0.25, -0.2) is 0 Å². The number of hydrogen-bond acceptors (Lipinski definition) is 4. The average molecular weight is 318 g/mol. The zero-order chi connectivity index (χ0) is 15.9. The molecule has 0 aliphatic carbocycles. The number of amides is 2. The largest absolute Gasteiger partial charge is 0.324 e. The first-order valence-electron chi connectivity index (χ1n) is 7.29. The number of thioether (sulfide) groups is 1. The van der Waals surface area contributed by atoms with Crippen LogP contribution in [0.25, 0.3) is 0 Å². The highest BCUT2D eigenvalue weighted by Gasteiger charge is 2.52. The summed E-state index contributed by atoms with van der Waals surface area (Å²) in [6, 6.07) is 6.38. The summed E-state index contributed by atoms with van der Waals surface area (Å²) in [5.41, 5.74) is 1.25. The van der Waals surface area contributed by atoms with E-state index in [0.717, 1.165) is 6.42 Å². The topological polar surface area (TPSA) is 66.5 Å². The molecular formula is C16H18N2O3S. The molecule has 116 valence electrons. The van der Waals surface area contributed by atoms with E-state index >= 15 is 0 Å². The molecule has 22 heavy (non-hydrogen) atoms. The van der Waals surface area contributed by atoms with Gasteiger partial charge in [0.15, 0.2) is 5.78 Å². The van der Waals surface area contributed by atoms with Crippen LogP contribution in [0.15, 0.2) is 24.3 Å². The highest BCUT2D eigenvalue weighted by molar-refractivity contribution is 8.01. The lowest BCUT2D eigenvalue weighted by Gasteiger charge is -2.29. The monoisotopic (exact) mass is 318 g/mol. The van der Waals surface area contributed by atoms with Crippen molar-refractivity contribution in [3.8, 4) is 0 Å². The molecule has 0 bridgehead atoms. The van der Waals surface area contributed by atoms with Gasteiger partial charge in [-0.05, 0) is 44.5 Å². The first-order chi connectivity index (χ1) is 10.4. The summed E-state index contributed by atoms with van der Waals surface area (Å²) in [7, 11) is 0. The van der Waals surface area contributed by atoms with Crippen LogP contribution in [0.3, 0.4) is 0 Å². The van der Waals surface area contributed by atoms with Gasteiger partial charge in [0.1, 0.15) is 6.04 Å². The Morgan fingerprint density at radius 2 is 2.00 bits per heavy atom. The molecule has 2 aliphatic heterocycles. The number of carbonyl (C=O) groups is 3. The average Bonchev–Trinajstić information content (AvgIpc) is 2.97. The van der Waals surface area contributed by atoms with Gasteiger partial charge in [-0.2, -0.15) is 0 Å². The fourth-order valence-electron chi connectivity index (χ4n) is 3.03. The van der Waals surface area contributed by atoms with Crippen molar-refractivity contribution in [1.82, 2.24) is 4.90 Å². The molecule has 0 unspecified atom stereocenters. The molecule has 2 heterocycles. The van der Waals surface area contributed by atoms with Crippen LogP contribution in [0.4, 0.5) is 5.69 Å². The molecule has 5 nitrogen and oxygen atoms in total. The third-order valence-electron chi connectivity index (χ3n) is 4.31. The van der Waals surface area contributed by atoms with Gasteiger partial charge in [0, 0.05) is 23.4 Å². The van der Waals surface area contributed by atoms with Gasteiger partial charge in [0.05, 0.1) is 4.87 Å². The molecule has 2 fully saturated rings. The van der Waals surface area contributed by atoms with E-state index in [4.69, 9.17) is 0 Å². The van der Waals surface area contributed by atoms with Crippen molar-refractivity contribution in [1.29, 1.82) is 0 Å². The Hall–Kier alpha value is -1.82. The van der Waals surface area contributed by atoms with Gasteiger partial charge in [0.2, 0.25) is 11.8 Å². The second kappa shape index (κ2) is 5.43. The number of Topliss-reactive ketones (excluding diaryl/α,β-unsaturated/α-hetero) is 1. The zero-order valence-electron chi connectivity index (χ0n) is 12.6. The number of benzene rings is 1. The number of fused-ring (bicyclic) bond motifs is 1. The number of ketones is 1. The summed E-state index contributed by atoms with van der Waals surface area (Å²) in [4.78, 5) is 37.3. The zero-order valence-corrected chi connectivity index (χ0v) is 13.4. The molecule has 1 N–H and O–H groups in total. The first-order valence-corrected chi connectivity index (χ1v) is 8.27. The smallest absolute Gasteiger partial charge is 0.248 e. The number of anilines is 1. The van der Waals surface area contributed by atoms with Gasteiger partial charge in [-0.3, -0.25) is 14.4 Å². The van der Waals surface area contributed by atoms with Crippen LogP contribution in [-0.4, -0.2) is 39.2 Å². The quantitative estimate of drug-likeness (QED) is 0.868. The molecule has 2 amide bonds. The fraction of sp³-hybridized carbons (Fsp3) is 0.438. The van der Waals surface area contributed by atoms with Crippen molar-refractivity contribution in [3.63, 3.8) is 0 Å². The Balaban J connectivity index is 1.72. The van der Waals surface area contributed by atoms with Crippen LogP contribution in [0, 0.1) is 0 Å². The van der Waals surface area contributed by atoms with Crippen molar-refractivity contribution < 1.29 is 14.4 Å². The van der Waals surface area contributed by atoms with E-state index in [2.05, 4.69) is 5.32 Å². The maximum Gasteiger partial charge on any atom is 0.248 e. The SMILES string of the molecule is CC(=O)c1ccc(NC(=O)[C@@H]2CS[C@]3(C)CCC(=O)N23)cc1. The molecule has 0 aromatic heterocycles. The molecule has 1 aromatic rings. The highest BCUT2D eigenvalue weighted by Crippen LogP contribution is 2.47. The molecule has 1 aromatic carbocycles. The standard InChI is InChI=1S/C16H18N2O3S/c1-10(19)11-3-5-12(6-4-11)17-15(21)13-9-22-16(2)8-7-14(20)18(13)16/h3-6,13H,7-9H2,1-2H3,(H,17,21)/t13-,16+/m0/s1. The van der Waals surface area contributed by atoms with Crippen molar-refractivity contribution in [2.24, 2.45) is 0 Å². The maximum absolute atomic E-state index is 12.5. The summed E-state index contributed by atoms with van der Waals surface area (Å²) >= 11 is 1.67. The van der Waals surface area contributed by atoms with Gasteiger partial charge >= 0.3 is 0 Å². The molecule has 0 spiro atoms. The Bertz CT molecular complexity index is 643. The molecule has 6 heteroatoms. The minimum absolute atomic E-state index is 0.0106. The summed E-state index contributed by atoms with van der Waals surface area (Å²) < 4.78 is 0. The molecular weight excluding hydrogens is 300 g/mol. The fourth-order valence-corrected chi connectivity index (χ4v) is 4.46. The number of nitrogens with zero attached hydrogens (tertiary/aromatic N) is 1. The van der Waals surface area contributed by atoms with Gasteiger partial charge < -0.3 is 10.2 Å². The minimum atomic E-state index is -0.419. The second-order valence-corrected chi connectivity index (χ2v) is 7.39. The predicted molar refractivity (Wildman–Crippen MR) is 85.8 cm³/mol. The van der Waals surface area contributed by atoms with E-state index in [1.54, 1.807) is 40.9 Å². The van der Waals surface area contributed by atoms with Crippen molar-refractivity contribution in [3.05, 3.63) is 29.8 Å². The number of hydrogen-bond donors (Lipinski definition) is 1. The molecule has 2 saturated heterocycles. The van der Waals surface area contributed by atoms with Crippen molar-refractivity contribution in [2.45, 2.75) is 37.6 Å². The van der Waals surface area contributed by atoms with Crippen LogP contribution in [-0.2, 0) is 9.59 Å². The summed E-state index contributed by atoms with van der Waals surface area (Å²) in [6.45, 7) is 3.53. The Morgan fingerprint density at radius 1 is 1.32 bits per heavy atom. The molecule has 0 radical (unpaired) electrons. The lowest BCUT2D eigenvalue weighted by molar-refractivity contribution is -0.135. The van der Waals surface area contributed by atoms with E-state index in [-0.39, 0.29) is 22.5 Å². The van der Waals surface area contributed by atoms with Crippen LogP contribution in [0.1, 0.15) is 37.0 Å². The minimum Gasteiger partial charge on any atom is -0.324 e. The maximum atomic E-state index is 12.5. The van der Waals surface area contributed by atoms with Gasteiger partial charge in [-0.15, -0.1) is 11.8 Å². The highest BCUT2D eigenvalue weighted by atomic mass is 32.2. The first kappa shape index (κ1) is 15.1. The lowest BCUT2D eigenvalue weighted by Crippen LogP contribution is -2.48. The molecule has 0 saturated carbocycles. The third-order valence-corrected chi connectivity index (χ3v) is 5.81. The van der Waals surface area contributed by atoms with E-state index in [1.807, 2.05) is 6.92 Å². The Labute approximate surface area is 133 Å².